The van der Waals surface area contributed by atoms with Crippen LogP contribution in [0.1, 0.15) is 60.1 Å². The van der Waals surface area contributed by atoms with E-state index in [0.29, 0.717) is 11.6 Å². The molecular weight excluding hydrogens is 612 g/mol. The van der Waals surface area contributed by atoms with Crippen molar-refractivity contribution < 1.29 is 9.53 Å². The van der Waals surface area contributed by atoms with Crippen molar-refractivity contribution in [2.24, 2.45) is 0 Å². The molecule has 4 nitrogen and oxygen atoms in total. The number of hydrogen-bond donors (Lipinski definition) is 1. The predicted molar refractivity (Wildman–Crippen MR) is 162 cm³/mol. The van der Waals surface area contributed by atoms with E-state index in [2.05, 4.69) is 110 Å². The van der Waals surface area contributed by atoms with Gasteiger partial charge in [0.15, 0.2) is 15.7 Å². The third kappa shape index (κ3) is 14.5. The van der Waals surface area contributed by atoms with Gasteiger partial charge in [0.25, 0.3) is 0 Å². The number of halogens is 3. The molecule has 0 spiro atoms. The molecule has 0 saturated heterocycles. The van der Waals surface area contributed by atoms with Crippen LogP contribution in [0.15, 0.2) is 45.9 Å². The molecule has 0 amide bonds. The van der Waals surface area contributed by atoms with Crippen LogP contribution in [-0.4, -0.2) is 30.8 Å². The molecule has 0 aromatic carbocycles. The lowest BCUT2D eigenvalue weighted by molar-refractivity contribution is 0.276. The van der Waals surface area contributed by atoms with E-state index in [1.165, 1.54) is 5.56 Å². The lowest BCUT2D eigenvalue weighted by Crippen LogP contribution is -2.40. The van der Waals surface area contributed by atoms with Crippen LogP contribution < -0.4 is 0 Å². The van der Waals surface area contributed by atoms with Crippen molar-refractivity contribution in [3.05, 3.63) is 57.0 Å². The molecule has 34 heavy (non-hydrogen) atoms. The Morgan fingerprint density at radius 1 is 0.853 bits per heavy atom. The third-order valence-electron chi connectivity index (χ3n) is 5.95. The number of aliphatic hydroxyl groups excluding tert-OH is 1. The van der Waals surface area contributed by atoms with Gasteiger partial charge >= 0.3 is 0 Å². The van der Waals surface area contributed by atoms with Crippen molar-refractivity contribution in [2.75, 3.05) is 0 Å². The molecule has 0 bridgehead atoms. The van der Waals surface area contributed by atoms with Gasteiger partial charge in [-0.15, -0.1) is 0 Å². The Hall–Kier alpha value is -0.0962. The number of pyridine rings is 2. The molecule has 0 saturated carbocycles. The van der Waals surface area contributed by atoms with Gasteiger partial charge in [-0.25, -0.2) is 9.97 Å². The molecule has 0 aliphatic heterocycles. The second kappa shape index (κ2) is 15.2. The van der Waals surface area contributed by atoms with Crippen molar-refractivity contribution in [2.45, 2.75) is 98.4 Å². The van der Waals surface area contributed by atoms with E-state index in [1.54, 1.807) is 24.5 Å². The molecule has 0 aliphatic carbocycles. The summed E-state index contributed by atoms with van der Waals surface area (Å²) in [5.74, 6) is 0. The largest absolute Gasteiger partial charge is 0.413 e. The fourth-order valence-corrected chi connectivity index (χ4v) is 3.34. The third-order valence-corrected chi connectivity index (χ3v) is 16.6. The quantitative estimate of drug-likeness (QED) is 0.202. The van der Waals surface area contributed by atoms with E-state index < -0.39 is 15.7 Å². The normalized spacial score (nSPS) is 11.9. The van der Waals surface area contributed by atoms with Crippen molar-refractivity contribution in [1.29, 1.82) is 0 Å². The summed E-state index contributed by atoms with van der Waals surface area (Å²) in [6.45, 7) is 23.0. The SMILES string of the molecule is C.CC(C)(C)[Si](C)(C)Cl.CC(C)(C)[Si](C)(C)OCc1ccnc(Br)c1.OCc1ccnc(Br)c1. The molecule has 1 N–H and O–H groups in total. The van der Waals surface area contributed by atoms with Gasteiger partial charge in [-0.3, -0.25) is 0 Å². The van der Waals surface area contributed by atoms with E-state index in [0.717, 1.165) is 14.8 Å². The van der Waals surface area contributed by atoms with Gasteiger partial charge in [0.2, 0.25) is 0 Å². The Morgan fingerprint density at radius 3 is 1.53 bits per heavy atom. The van der Waals surface area contributed by atoms with Crippen molar-refractivity contribution in [3.63, 3.8) is 0 Å². The molecule has 0 fully saturated rings. The van der Waals surface area contributed by atoms with Crippen LogP contribution in [0.5, 0.6) is 0 Å². The maximum absolute atomic E-state index is 8.61. The highest BCUT2D eigenvalue weighted by Gasteiger charge is 2.37. The fraction of sp³-hybridized carbons (Fsp3) is 0.600. The molecular formula is C25H45Br2ClN2O2Si2. The summed E-state index contributed by atoms with van der Waals surface area (Å²) in [7, 11) is -3.03. The highest BCUT2D eigenvalue weighted by Crippen LogP contribution is 2.38. The zero-order valence-corrected chi connectivity index (χ0v) is 27.7. The standard InChI is InChI=1S/C12H20BrNOSi.C6H6BrNO.C6H15ClSi.CH4/c1-12(2,3)16(4,5)15-9-10-6-7-14-11(13)8-10;7-6-3-5(4-9)1-2-8-6;1-6(2,3)8(4,5)7;/h6-8H,9H2,1-5H3;1-3,9H,4H2;1-5H3;1H4. The van der Waals surface area contributed by atoms with Crippen LogP contribution in [-0.2, 0) is 17.6 Å². The Bertz CT molecular complexity index is 838. The first-order valence-corrected chi connectivity index (χ1v) is 19.5. The van der Waals surface area contributed by atoms with Crippen LogP contribution in [0.25, 0.3) is 0 Å². The highest BCUT2D eigenvalue weighted by molar-refractivity contribution is 9.10. The predicted octanol–water partition coefficient (Wildman–Crippen LogP) is 9.57. The summed E-state index contributed by atoms with van der Waals surface area (Å²) in [6, 6.07) is 7.55. The molecule has 0 radical (unpaired) electrons. The van der Waals surface area contributed by atoms with Crippen LogP contribution in [0.2, 0.25) is 36.3 Å². The Morgan fingerprint density at radius 2 is 1.24 bits per heavy atom. The zero-order chi connectivity index (χ0) is 26.1. The summed E-state index contributed by atoms with van der Waals surface area (Å²) in [4.78, 5) is 8.00. The number of hydrogen-bond acceptors (Lipinski definition) is 4. The van der Waals surface area contributed by atoms with E-state index in [-0.39, 0.29) is 19.1 Å². The molecule has 196 valence electrons. The molecule has 2 rings (SSSR count). The Kier molecular flexibility index (Phi) is 16.1. The minimum atomic E-state index is -1.64. The highest BCUT2D eigenvalue weighted by atomic mass is 79.9. The minimum absolute atomic E-state index is 0. The number of nitrogens with zero attached hydrogens (tertiary/aromatic N) is 2. The lowest BCUT2D eigenvalue weighted by atomic mass is 10.2. The Balaban J connectivity index is 0. The first-order valence-electron chi connectivity index (χ1n) is 10.9. The molecule has 2 heterocycles. The molecule has 2 aromatic heterocycles. The molecule has 9 heteroatoms. The molecule has 2 aromatic rings. The smallest absolute Gasteiger partial charge is 0.192 e. The Labute approximate surface area is 232 Å². The summed E-state index contributed by atoms with van der Waals surface area (Å²) in [5, 5.41) is 9.22. The van der Waals surface area contributed by atoms with Crippen LogP contribution in [0.4, 0.5) is 0 Å². The van der Waals surface area contributed by atoms with E-state index in [1.807, 2.05) is 12.1 Å². The van der Waals surface area contributed by atoms with Gasteiger partial charge in [-0.05, 0) is 90.4 Å². The number of aromatic nitrogens is 2. The average molecular weight is 657 g/mol. The minimum Gasteiger partial charge on any atom is -0.413 e. The maximum Gasteiger partial charge on any atom is 0.192 e. The maximum atomic E-state index is 8.61. The van der Waals surface area contributed by atoms with Gasteiger partial charge in [0.05, 0.1) is 13.2 Å². The van der Waals surface area contributed by atoms with E-state index >= 15 is 0 Å². The monoisotopic (exact) mass is 654 g/mol. The van der Waals surface area contributed by atoms with Crippen LogP contribution >= 0.6 is 42.9 Å². The van der Waals surface area contributed by atoms with E-state index in [9.17, 15) is 0 Å². The van der Waals surface area contributed by atoms with Gasteiger partial charge in [-0.1, -0.05) is 62.1 Å². The van der Waals surface area contributed by atoms with Crippen molar-refractivity contribution in [1.82, 2.24) is 9.97 Å². The molecule has 0 atom stereocenters. The van der Waals surface area contributed by atoms with Crippen LogP contribution in [0.3, 0.4) is 0 Å². The second-order valence-corrected chi connectivity index (χ2v) is 24.6. The van der Waals surface area contributed by atoms with Gasteiger partial charge < -0.3 is 9.53 Å². The van der Waals surface area contributed by atoms with Crippen molar-refractivity contribution >= 4 is 58.6 Å². The van der Waals surface area contributed by atoms with Gasteiger partial charge in [0.1, 0.15) is 9.21 Å². The number of aliphatic hydroxyl groups is 1. The average Bonchev–Trinajstić information content (AvgIpc) is 2.65. The summed E-state index contributed by atoms with van der Waals surface area (Å²) in [5.41, 5.74) is 2.04. The van der Waals surface area contributed by atoms with Crippen LogP contribution in [0, 0.1) is 0 Å². The molecule has 0 unspecified atom stereocenters. The first kappa shape index (κ1) is 36.1. The summed E-state index contributed by atoms with van der Waals surface area (Å²) in [6.07, 6.45) is 3.45. The lowest BCUT2D eigenvalue weighted by Gasteiger charge is -2.36. The van der Waals surface area contributed by atoms with Gasteiger partial charge in [-0.2, -0.15) is 11.1 Å². The van der Waals surface area contributed by atoms with E-state index in [4.69, 9.17) is 20.6 Å². The first-order chi connectivity index (χ1) is 14.8. The van der Waals surface area contributed by atoms with Gasteiger partial charge in [0, 0.05) is 12.4 Å². The fourth-order valence-electron chi connectivity index (χ4n) is 1.55. The summed E-state index contributed by atoms with van der Waals surface area (Å²) < 4.78 is 7.75. The topological polar surface area (TPSA) is 55.2 Å². The second-order valence-electron chi connectivity index (χ2n) is 10.9. The number of rotatable bonds is 4. The molecule has 0 aliphatic rings. The zero-order valence-electron chi connectivity index (χ0n) is 21.8. The van der Waals surface area contributed by atoms with Crippen molar-refractivity contribution in [3.8, 4) is 0 Å². The summed E-state index contributed by atoms with van der Waals surface area (Å²) >= 11 is 12.7.